The van der Waals surface area contributed by atoms with Crippen molar-refractivity contribution < 1.29 is 19.4 Å². The molecule has 2 N–H and O–H groups in total. The smallest absolute Gasteiger partial charge is 0.232 e. The van der Waals surface area contributed by atoms with Crippen LogP contribution in [-0.4, -0.2) is 24.4 Å². The van der Waals surface area contributed by atoms with Gasteiger partial charge < -0.3 is 19.9 Å². The number of aliphatic hydroxyl groups is 1. The molecule has 3 rings (SSSR count). The lowest BCUT2D eigenvalue weighted by Crippen LogP contribution is -2.44. The van der Waals surface area contributed by atoms with E-state index in [4.69, 9.17) is 9.47 Å². The normalized spacial score (nSPS) is 18.8. The van der Waals surface area contributed by atoms with E-state index in [0.717, 1.165) is 24.8 Å². The number of aliphatic hydroxyl groups excluding tert-OH is 1. The molecule has 0 radical (unpaired) electrons. The van der Waals surface area contributed by atoms with Gasteiger partial charge in [0.05, 0.1) is 12.0 Å². The monoisotopic (exact) mass is 263 g/mol. The zero-order chi connectivity index (χ0) is 13.5. The van der Waals surface area contributed by atoms with Crippen LogP contribution >= 0.6 is 0 Å². The van der Waals surface area contributed by atoms with E-state index in [-0.39, 0.29) is 19.3 Å². The summed E-state index contributed by atoms with van der Waals surface area (Å²) in [6, 6.07) is 3.63. The fourth-order valence-electron chi connectivity index (χ4n) is 2.49. The second-order valence-corrected chi connectivity index (χ2v) is 5.27. The van der Waals surface area contributed by atoms with Crippen molar-refractivity contribution in [1.82, 2.24) is 0 Å². The largest absolute Gasteiger partial charge is 0.454 e. The minimum absolute atomic E-state index is 0.0948. The third-order valence-corrected chi connectivity index (χ3v) is 4.06. The summed E-state index contributed by atoms with van der Waals surface area (Å²) >= 11 is 0. The topological polar surface area (TPSA) is 67.8 Å². The molecule has 2 aliphatic rings. The van der Waals surface area contributed by atoms with E-state index < -0.39 is 5.41 Å². The highest BCUT2D eigenvalue weighted by atomic mass is 16.7. The zero-order valence-electron chi connectivity index (χ0n) is 10.9. The maximum atomic E-state index is 12.3. The van der Waals surface area contributed by atoms with Crippen LogP contribution in [0, 0.1) is 12.3 Å². The Morgan fingerprint density at radius 2 is 2.05 bits per heavy atom. The first-order valence-corrected chi connectivity index (χ1v) is 6.47. The molecule has 0 bridgehead atoms. The van der Waals surface area contributed by atoms with Crippen molar-refractivity contribution in [3.8, 4) is 11.5 Å². The molecular weight excluding hydrogens is 246 g/mol. The highest BCUT2D eigenvalue weighted by molar-refractivity contribution is 5.97. The lowest BCUT2D eigenvalue weighted by atomic mass is 9.68. The van der Waals surface area contributed by atoms with E-state index >= 15 is 0 Å². The fraction of sp³-hybridized carbons (Fsp3) is 0.500. The summed E-state index contributed by atoms with van der Waals surface area (Å²) in [7, 11) is 0. The van der Waals surface area contributed by atoms with Crippen LogP contribution in [0.25, 0.3) is 0 Å². The molecule has 5 heteroatoms. The minimum atomic E-state index is -0.594. The van der Waals surface area contributed by atoms with Gasteiger partial charge in [-0.2, -0.15) is 0 Å². The van der Waals surface area contributed by atoms with Gasteiger partial charge in [-0.15, -0.1) is 0 Å². The summed E-state index contributed by atoms with van der Waals surface area (Å²) in [5.41, 5.74) is 1.04. The van der Waals surface area contributed by atoms with E-state index in [2.05, 4.69) is 5.32 Å². The number of nitrogens with one attached hydrogen (secondary N) is 1. The van der Waals surface area contributed by atoms with Crippen molar-refractivity contribution in [3.63, 3.8) is 0 Å². The Morgan fingerprint density at radius 1 is 1.37 bits per heavy atom. The lowest BCUT2D eigenvalue weighted by molar-refractivity contribution is -0.133. The molecule has 0 atom stereocenters. The van der Waals surface area contributed by atoms with E-state index in [1.165, 1.54) is 0 Å². The van der Waals surface area contributed by atoms with Gasteiger partial charge in [0, 0.05) is 11.8 Å². The summed E-state index contributed by atoms with van der Waals surface area (Å²) in [6.07, 6.45) is 2.49. The molecule has 0 spiro atoms. The van der Waals surface area contributed by atoms with Gasteiger partial charge in [-0.05, 0) is 31.4 Å². The first-order chi connectivity index (χ1) is 9.14. The van der Waals surface area contributed by atoms with Gasteiger partial charge in [-0.3, -0.25) is 4.79 Å². The molecular formula is C14H17NO4. The Hall–Kier alpha value is -1.75. The molecule has 19 heavy (non-hydrogen) atoms. The Balaban J connectivity index is 1.82. The van der Waals surface area contributed by atoms with Gasteiger partial charge in [-0.25, -0.2) is 0 Å². The number of aryl methyl sites for hydroxylation is 1. The Kier molecular flexibility index (Phi) is 2.86. The Bertz CT molecular complexity index is 517. The molecule has 0 saturated heterocycles. The van der Waals surface area contributed by atoms with E-state index in [0.29, 0.717) is 17.2 Å². The summed E-state index contributed by atoms with van der Waals surface area (Å²) in [6.45, 7) is 2.03. The molecule has 1 aliphatic heterocycles. The summed E-state index contributed by atoms with van der Waals surface area (Å²) in [5.74, 6) is 1.24. The van der Waals surface area contributed by atoms with Crippen LogP contribution in [0.3, 0.4) is 0 Å². The number of carbonyl (C=O) groups is 1. The fourth-order valence-corrected chi connectivity index (χ4v) is 2.49. The predicted octanol–water partition coefficient (Wildman–Crippen LogP) is 1.82. The van der Waals surface area contributed by atoms with Gasteiger partial charge in [0.15, 0.2) is 11.5 Å². The van der Waals surface area contributed by atoms with Gasteiger partial charge in [0.1, 0.15) is 0 Å². The van der Waals surface area contributed by atoms with Crippen LogP contribution < -0.4 is 14.8 Å². The SMILES string of the molecule is Cc1cc2c(cc1NC(=O)C1(CO)CCC1)OCO2. The third-order valence-electron chi connectivity index (χ3n) is 4.06. The number of amides is 1. The van der Waals surface area contributed by atoms with E-state index in [1.807, 2.05) is 13.0 Å². The van der Waals surface area contributed by atoms with Crippen molar-refractivity contribution in [2.75, 3.05) is 18.7 Å². The van der Waals surface area contributed by atoms with Crippen molar-refractivity contribution in [2.45, 2.75) is 26.2 Å². The number of carbonyl (C=O) groups excluding carboxylic acids is 1. The highest BCUT2D eigenvalue weighted by Crippen LogP contribution is 2.42. The van der Waals surface area contributed by atoms with Crippen LogP contribution in [0.4, 0.5) is 5.69 Å². The minimum Gasteiger partial charge on any atom is -0.454 e. The lowest BCUT2D eigenvalue weighted by Gasteiger charge is -2.38. The molecule has 0 unspecified atom stereocenters. The average molecular weight is 263 g/mol. The maximum absolute atomic E-state index is 12.3. The summed E-state index contributed by atoms with van der Waals surface area (Å²) in [5, 5.41) is 12.3. The Labute approximate surface area is 111 Å². The summed E-state index contributed by atoms with van der Waals surface area (Å²) in [4.78, 5) is 12.3. The van der Waals surface area contributed by atoms with Crippen molar-refractivity contribution in [3.05, 3.63) is 17.7 Å². The molecule has 1 aromatic rings. The number of fused-ring (bicyclic) bond motifs is 1. The van der Waals surface area contributed by atoms with Crippen molar-refractivity contribution in [2.24, 2.45) is 5.41 Å². The Morgan fingerprint density at radius 3 is 2.63 bits per heavy atom. The van der Waals surface area contributed by atoms with Crippen LogP contribution in [0.5, 0.6) is 11.5 Å². The van der Waals surface area contributed by atoms with Gasteiger partial charge in [-0.1, -0.05) is 6.42 Å². The second-order valence-electron chi connectivity index (χ2n) is 5.27. The third kappa shape index (κ3) is 1.94. The van der Waals surface area contributed by atoms with Gasteiger partial charge in [0.25, 0.3) is 0 Å². The van der Waals surface area contributed by atoms with E-state index in [1.54, 1.807) is 6.07 Å². The highest BCUT2D eigenvalue weighted by Gasteiger charge is 2.43. The molecule has 1 aliphatic carbocycles. The molecule has 1 aromatic carbocycles. The number of hydrogen-bond acceptors (Lipinski definition) is 4. The molecule has 0 aromatic heterocycles. The average Bonchev–Trinajstić information content (AvgIpc) is 2.75. The molecule has 1 fully saturated rings. The molecule has 1 amide bonds. The van der Waals surface area contributed by atoms with Crippen LogP contribution in [0.2, 0.25) is 0 Å². The van der Waals surface area contributed by atoms with Gasteiger partial charge in [0.2, 0.25) is 12.7 Å². The van der Waals surface area contributed by atoms with E-state index in [9.17, 15) is 9.90 Å². The first-order valence-electron chi connectivity index (χ1n) is 6.47. The predicted molar refractivity (Wildman–Crippen MR) is 69.3 cm³/mol. The first kappa shape index (κ1) is 12.3. The number of anilines is 1. The molecule has 1 saturated carbocycles. The molecule has 1 heterocycles. The quantitative estimate of drug-likeness (QED) is 0.873. The van der Waals surface area contributed by atoms with Crippen LogP contribution in [0.1, 0.15) is 24.8 Å². The zero-order valence-corrected chi connectivity index (χ0v) is 10.9. The molecule has 102 valence electrons. The summed E-state index contributed by atoms with van der Waals surface area (Å²) < 4.78 is 10.6. The van der Waals surface area contributed by atoms with Crippen molar-refractivity contribution >= 4 is 11.6 Å². The van der Waals surface area contributed by atoms with Crippen LogP contribution in [0.15, 0.2) is 12.1 Å². The standard InChI is InChI=1S/C14H17NO4/c1-9-5-11-12(19-8-18-11)6-10(9)15-13(17)14(7-16)3-2-4-14/h5-6,16H,2-4,7-8H2,1H3,(H,15,17). The maximum Gasteiger partial charge on any atom is 0.232 e. The number of rotatable bonds is 3. The second kappa shape index (κ2) is 4.42. The van der Waals surface area contributed by atoms with Crippen molar-refractivity contribution in [1.29, 1.82) is 0 Å². The molecule has 5 nitrogen and oxygen atoms in total. The number of hydrogen-bond donors (Lipinski definition) is 2. The van der Waals surface area contributed by atoms with Gasteiger partial charge >= 0.3 is 0 Å². The van der Waals surface area contributed by atoms with Crippen LogP contribution in [-0.2, 0) is 4.79 Å². The number of ether oxygens (including phenoxy) is 2. The number of benzene rings is 1.